The first kappa shape index (κ1) is 19.0. The number of amides is 2. The van der Waals surface area contributed by atoms with E-state index in [9.17, 15) is 9.59 Å². The molecule has 0 saturated heterocycles. The summed E-state index contributed by atoms with van der Waals surface area (Å²) in [5, 5.41) is 5.58. The third-order valence-electron chi connectivity index (χ3n) is 4.32. The summed E-state index contributed by atoms with van der Waals surface area (Å²) in [6.45, 7) is 0. The van der Waals surface area contributed by atoms with Crippen molar-refractivity contribution in [1.29, 1.82) is 0 Å². The summed E-state index contributed by atoms with van der Waals surface area (Å²) in [4.78, 5) is 33.7. The van der Waals surface area contributed by atoms with Crippen molar-refractivity contribution in [2.45, 2.75) is 0 Å². The van der Waals surface area contributed by atoms with Gasteiger partial charge in [-0.25, -0.2) is 9.97 Å². The molecule has 0 fully saturated rings. The second-order valence-corrected chi connectivity index (χ2v) is 6.46. The Morgan fingerprint density at radius 3 is 1.30 bits per heavy atom. The van der Waals surface area contributed by atoms with Crippen molar-refractivity contribution in [2.24, 2.45) is 0 Å². The van der Waals surface area contributed by atoms with Gasteiger partial charge in [0, 0.05) is 11.1 Å². The average molecular weight is 394 g/mol. The first-order valence-corrected chi connectivity index (χ1v) is 9.36. The molecule has 0 spiro atoms. The Kier molecular flexibility index (Phi) is 5.57. The van der Waals surface area contributed by atoms with E-state index < -0.39 is 0 Å². The number of pyridine rings is 2. The van der Waals surface area contributed by atoms with Crippen molar-refractivity contribution in [3.05, 3.63) is 108 Å². The molecule has 0 atom stereocenters. The maximum absolute atomic E-state index is 12.4. The quantitative estimate of drug-likeness (QED) is 0.516. The van der Waals surface area contributed by atoms with E-state index in [2.05, 4.69) is 20.6 Å². The number of rotatable bonds is 5. The molecule has 0 aliphatic rings. The van der Waals surface area contributed by atoms with Gasteiger partial charge in [-0.3, -0.25) is 9.59 Å². The minimum Gasteiger partial charge on any atom is -0.307 e. The molecule has 2 aromatic heterocycles. The van der Waals surface area contributed by atoms with E-state index in [1.165, 1.54) is 0 Å². The highest BCUT2D eigenvalue weighted by atomic mass is 16.2. The molecular weight excluding hydrogens is 376 g/mol. The number of nitrogens with zero attached hydrogens (tertiary/aromatic N) is 2. The number of anilines is 2. The Morgan fingerprint density at radius 2 is 0.900 bits per heavy atom. The Morgan fingerprint density at radius 1 is 0.500 bits per heavy atom. The summed E-state index contributed by atoms with van der Waals surface area (Å²) < 4.78 is 0. The van der Waals surface area contributed by atoms with Gasteiger partial charge in [-0.15, -0.1) is 0 Å². The normalized spacial score (nSPS) is 10.3. The van der Waals surface area contributed by atoms with E-state index in [1.54, 1.807) is 84.9 Å². The SMILES string of the molecule is O=C(Nc1cccc(-c2cccc(NC(=O)c3ccccc3)n2)n1)c1ccccc1. The zero-order valence-electron chi connectivity index (χ0n) is 15.9. The molecule has 0 aliphatic carbocycles. The molecule has 2 heterocycles. The monoisotopic (exact) mass is 394 g/mol. The lowest BCUT2D eigenvalue weighted by atomic mass is 10.2. The Bertz CT molecular complexity index is 1080. The summed E-state index contributed by atoms with van der Waals surface area (Å²) in [5.74, 6) is 0.359. The maximum Gasteiger partial charge on any atom is 0.256 e. The lowest BCUT2D eigenvalue weighted by Gasteiger charge is -2.08. The van der Waals surface area contributed by atoms with Crippen LogP contribution >= 0.6 is 0 Å². The van der Waals surface area contributed by atoms with Gasteiger partial charge in [0.1, 0.15) is 11.6 Å². The summed E-state index contributed by atoms with van der Waals surface area (Å²) in [5.41, 5.74) is 2.26. The van der Waals surface area contributed by atoms with E-state index in [0.717, 1.165) is 0 Å². The number of hydrogen-bond acceptors (Lipinski definition) is 4. The van der Waals surface area contributed by atoms with Crippen LogP contribution in [0.4, 0.5) is 11.6 Å². The fraction of sp³-hybridized carbons (Fsp3) is 0. The number of nitrogens with one attached hydrogen (secondary N) is 2. The molecule has 0 unspecified atom stereocenters. The molecule has 146 valence electrons. The van der Waals surface area contributed by atoms with Crippen molar-refractivity contribution in [1.82, 2.24) is 9.97 Å². The van der Waals surface area contributed by atoms with Gasteiger partial charge in [0.15, 0.2) is 0 Å². The van der Waals surface area contributed by atoms with Gasteiger partial charge in [0.25, 0.3) is 11.8 Å². The van der Waals surface area contributed by atoms with Gasteiger partial charge in [-0.2, -0.15) is 0 Å². The fourth-order valence-corrected chi connectivity index (χ4v) is 2.85. The van der Waals surface area contributed by atoms with Crippen LogP contribution in [0.2, 0.25) is 0 Å². The predicted molar refractivity (Wildman–Crippen MR) is 116 cm³/mol. The minimum absolute atomic E-state index is 0.239. The number of carbonyl (C=O) groups excluding carboxylic acids is 2. The molecule has 0 bridgehead atoms. The van der Waals surface area contributed by atoms with Gasteiger partial charge >= 0.3 is 0 Å². The van der Waals surface area contributed by atoms with E-state index in [1.807, 2.05) is 12.1 Å². The molecular formula is C24H18N4O2. The molecule has 6 heteroatoms. The maximum atomic E-state index is 12.4. The third kappa shape index (κ3) is 4.56. The van der Waals surface area contributed by atoms with Crippen LogP contribution in [-0.4, -0.2) is 21.8 Å². The highest BCUT2D eigenvalue weighted by molar-refractivity contribution is 6.04. The van der Waals surface area contributed by atoms with Crippen LogP contribution in [0.5, 0.6) is 0 Å². The topological polar surface area (TPSA) is 84.0 Å². The van der Waals surface area contributed by atoms with Crippen LogP contribution in [0, 0.1) is 0 Å². The van der Waals surface area contributed by atoms with Crippen LogP contribution in [0.15, 0.2) is 97.1 Å². The van der Waals surface area contributed by atoms with E-state index in [0.29, 0.717) is 34.2 Å². The van der Waals surface area contributed by atoms with Gasteiger partial charge in [-0.05, 0) is 48.5 Å². The standard InChI is InChI=1S/C24H18N4O2/c29-23(17-9-3-1-4-10-17)27-21-15-7-13-19(25-21)20-14-8-16-22(26-20)28-24(30)18-11-5-2-6-12-18/h1-16H,(H,25,27,29)(H,26,28,30). The summed E-state index contributed by atoms with van der Waals surface area (Å²) in [6.07, 6.45) is 0. The molecule has 4 rings (SSSR count). The van der Waals surface area contributed by atoms with E-state index >= 15 is 0 Å². The number of carbonyl (C=O) groups is 2. The molecule has 0 saturated carbocycles. The van der Waals surface area contributed by atoms with Crippen LogP contribution < -0.4 is 10.6 Å². The van der Waals surface area contributed by atoms with Gasteiger partial charge in [0.05, 0.1) is 11.4 Å². The number of aromatic nitrogens is 2. The Labute approximate surface area is 173 Å². The van der Waals surface area contributed by atoms with Gasteiger partial charge < -0.3 is 10.6 Å². The summed E-state index contributed by atoms with van der Waals surface area (Å²) in [7, 11) is 0. The zero-order chi connectivity index (χ0) is 20.8. The summed E-state index contributed by atoms with van der Waals surface area (Å²) in [6, 6.07) is 28.5. The Balaban J connectivity index is 1.52. The highest BCUT2D eigenvalue weighted by Crippen LogP contribution is 2.19. The van der Waals surface area contributed by atoms with Gasteiger partial charge in [-0.1, -0.05) is 48.5 Å². The van der Waals surface area contributed by atoms with E-state index in [-0.39, 0.29) is 11.8 Å². The fourth-order valence-electron chi connectivity index (χ4n) is 2.85. The third-order valence-corrected chi connectivity index (χ3v) is 4.32. The molecule has 0 radical (unpaired) electrons. The first-order valence-electron chi connectivity index (χ1n) is 9.36. The molecule has 30 heavy (non-hydrogen) atoms. The first-order chi connectivity index (χ1) is 14.7. The average Bonchev–Trinajstić information content (AvgIpc) is 2.80. The molecule has 2 aromatic carbocycles. The summed E-state index contributed by atoms with van der Waals surface area (Å²) >= 11 is 0. The molecule has 2 amide bonds. The largest absolute Gasteiger partial charge is 0.307 e. The second kappa shape index (κ2) is 8.79. The smallest absolute Gasteiger partial charge is 0.256 e. The van der Waals surface area contributed by atoms with Crippen molar-refractivity contribution in [3.8, 4) is 11.4 Å². The number of benzene rings is 2. The minimum atomic E-state index is -0.239. The predicted octanol–water partition coefficient (Wildman–Crippen LogP) is 4.65. The van der Waals surface area contributed by atoms with Crippen LogP contribution in [0.25, 0.3) is 11.4 Å². The van der Waals surface area contributed by atoms with Crippen LogP contribution in [0.3, 0.4) is 0 Å². The molecule has 6 nitrogen and oxygen atoms in total. The van der Waals surface area contributed by atoms with Crippen molar-refractivity contribution >= 4 is 23.5 Å². The Hall–Kier alpha value is -4.32. The van der Waals surface area contributed by atoms with E-state index in [4.69, 9.17) is 0 Å². The second-order valence-electron chi connectivity index (χ2n) is 6.46. The molecule has 4 aromatic rings. The lowest BCUT2D eigenvalue weighted by Crippen LogP contribution is -2.13. The molecule has 0 aliphatic heterocycles. The van der Waals surface area contributed by atoms with Crippen molar-refractivity contribution in [3.63, 3.8) is 0 Å². The van der Waals surface area contributed by atoms with Crippen LogP contribution in [0.1, 0.15) is 20.7 Å². The van der Waals surface area contributed by atoms with Gasteiger partial charge in [0.2, 0.25) is 0 Å². The zero-order valence-corrected chi connectivity index (χ0v) is 15.9. The van der Waals surface area contributed by atoms with Crippen LogP contribution in [-0.2, 0) is 0 Å². The molecule has 2 N–H and O–H groups in total. The number of hydrogen-bond donors (Lipinski definition) is 2. The lowest BCUT2D eigenvalue weighted by molar-refractivity contribution is 0.101. The van der Waals surface area contributed by atoms with Crippen molar-refractivity contribution in [2.75, 3.05) is 10.6 Å². The highest BCUT2D eigenvalue weighted by Gasteiger charge is 2.10. The van der Waals surface area contributed by atoms with Crippen molar-refractivity contribution < 1.29 is 9.59 Å².